The smallest absolute Gasteiger partial charge is 0.358 e. The molecule has 129 heavy (non-hydrogen) atoms. The number of H-pyrrole nitrogens is 1. The van der Waals surface area contributed by atoms with Crippen molar-refractivity contribution in [2.24, 2.45) is 14.1 Å². The van der Waals surface area contributed by atoms with Crippen LogP contribution >= 0.6 is 601 Å². The van der Waals surface area contributed by atoms with Crippen LogP contribution in [-0.2, 0) is 14.1 Å². The summed E-state index contributed by atoms with van der Waals surface area (Å²) >= 11 is 0. The summed E-state index contributed by atoms with van der Waals surface area (Å²) < 4.78 is 14.1. The monoisotopic (exact) mass is 3120 g/mol. The van der Waals surface area contributed by atoms with Gasteiger partial charge in [0.1, 0.15) is 17.1 Å². The standard InChI is InChI=1S/C25H19N5O.C18H16N2O3.H40P38.H39P37/c1-26-19-13-14-20-21(15-19)28-25(27-20)23-24(31-3)22(29-30(23)2)18-11-9-17(10-12-18)16-7-5-4-6-8-16;1-20-16(18(21)22)17(23-2)15(19-20)14-10-8-13(9-11-14)12-6-4-3-5-7-12;1-21(2)31(22(3)4)36(32(23(5)6)24(7)8)38(35(29(17)18)30(19)20)37(33(25(9)10)26(11)12)34(27(13)14)28(15)16;1-20-30(21(2)3)35(31(22(4)5)23(6)7)37(34(28(16)17)29(18)19)36(32(24(8)9)25(10)11)33(26(12)13)27(14)15/h4-15H,2-3H3,(H,27,28);3-11H,1-2H3,(H,21,22);1-20H2;20H,1-19H2. The third-order valence-corrected chi connectivity index (χ3v) is 519. The van der Waals surface area contributed by atoms with Gasteiger partial charge in [-0.05, 0) is 279 Å². The summed E-state index contributed by atoms with van der Waals surface area (Å²) in [6, 6.07) is 41.8. The number of aromatic nitrogens is 6. The van der Waals surface area contributed by atoms with E-state index in [0.29, 0.717) is 23.0 Å². The average molecular weight is 3120 g/mol. The number of nitrogens with one attached hydrogen (secondary N) is 1. The van der Waals surface area contributed by atoms with E-state index in [1.54, 1.807) is 31.0 Å². The molecule has 3 heterocycles. The maximum Gasteiger partial charge on any atom is 0.358 e. The highest BCUT2D eigenvalue weighted by Gasteiger charge is 2.57. The highest BCUT2D eigenvalue weighted by atomic mass is 33.6. The van der Waals surface area contributed by atoms with Gasteiger partial charge < -0.3 is 19.6 Å². The molecule has 0 saturated carbocycles. The molecule has 0 amide bonds. The lowest BCUT2D eigenvalue weighted by molar-refractivity contribution is 0.0681. The molecule has 11 nitrogen and oxygen atoms in total. The third-order valence-electron chi connectivity index (χ3n) is 15.3. The molecule has 0 aliphatic heterocycles. The zero-order valence-electron chi connectivity index (χ0n) is 68.6. The zero-order valence-corrected chi connectivity index (χ0v) is 146. The molecule has 0 bridgehead atoms. The lowest BCUT2D eigenvalue weighted by atomic mass is 10.0. The van der Waals surface area contributed by atoms with E-state index in [0.717, 1.165) is 58.2 Å². The zero-order chi connectivity index (χ0) is 97.7. The molecule has 0 aliphatic carbocycles. The molecule has 8 rings (SSSR count). The Balaban J connectivity index is 0.000000308. The second-order valence-corrected chi connectivity index (χ2v) is 327. The van der Waals surface area contributed by atoms with Crippen molar-refractivity contribution in [3.05, 3.63) is 145 Å². The van der Waals surface area contributed by atoms with E-state index < -0.39 is 5.97 Å². The third kappa shape index (κ3) is 45.0. The molecule has 0 fully saturated rings. The van der Waals surface area contributed by atoms with Gasteiger partial charge in [0.15, 0.2) is 28.7 Å². The maximum atomic E-state index is 11.3. The van der Waals surface area contributed by atoms with Gasteiger partial charge in [-0.2, -0.15) is 10.2 Å². The van der Waals surface area contributed by atoms with Crippen molar-refractivity contribution in [3.63, 3.8) is 0 Å². The number of hydrogen-bond donors (Lipinski definition) is 2. The first kappa shape index (κ1) is 144. The van der Waals surface area contributed by atoms with Crippen molar-refractivity contribution in [2.45, 2.75) is 0 Å². The van der Waals surface area contributed by atoms with Crippen molar-refractivity contribution in [1.82, 2.24) is 29.5 Å². The minimum Gasteiger partial charge on any atom is -0.492 e. The molecule has 0 spiro atoms. The van der Waals surface area contributed by atoms with Crippen molar-refractivity contribution in [2.75, 3.05) is 14.2 Å². The molecule has 86 heteroatoms. The Labute approximate surface area is 901 Å². The van der Waals surface area contributed by atoms with Crippen molar-refractivity contribution >= 4 is 623 Å². The summed E-state index contributed by atoms with van der Waals surface area (Å²) in [5.41, 5.74) is 10.5. The Morgan fingerprint density at radius 2 is 0.605 bits per heavy atom. The van der Waals surface area contributed by atoms with Crippen LogP contribution in [0.3, 0.4) is 0 Å². The second kappa shape index (κ2) is 75.6. The first-order valence-electron chi connectivity index (χ1n) is 33.9. The number of rotatable bonds is 42. The lowest BCUT2D eigenvalue weighted by Gasteiger charge is -2.55. The first-order valence-corrected chi connectivity index (χ1v) is 169. The number of methoxy groups -OCH3 is 2. The number of imidazole rings is 1. The number of nitrogens with zero attached hydrogens (tertiary/aromatic N) is 6. The summed E-state index contributed by atoms with van der Waals surface area (Å²) in [6.07, 6.45) is 0. The summed E-state index contributed by atoms with van der Waals surface area (Å²) in [5.74, 6) is 0.507. The van der Waals surface area contributed by atoms with Gasteiger partial charge in [-0.15, -0.1) is 348 Å². The van der Waals surface area contributed by atoms with Gasteiger partial charge >= 0.3 is 5.97 Å². The van der Waals surface area contributed by atoms with Gasteiger partial charge in [-0.25, -0.2) is 14.6 Å². The van der Waals surface area contributed by atoms with E-state index >= 15 is 0 Å². The number of aromatic carboxylic acids is 1. The number of carbonyl (C=O) groups is 1. The molecule has 8 aromatic rings. The van der Waals surface area contributed by atoms with Crippen LogP contribution < -0.4 is 9.47 Å². The van der Waals surface area contributed by atoms with Crippen molar-refractivity contribution in [3.8, 4) is 67.8 Å². The summed E-state index contributed by atoms with van der Waals surface area (Å²) in [4.78, 5) is 22.8. The normalized spacial score (nSPS) is 13.5. The fourth-order valence-corrected chi connectivity index (χ4v) is 1040. The van der Waals surface area contributed by atoms with E-state index in [-0.39, 0.29) is 256 Å². The quantitative estimate of drug-likeness (QED) is 0.0288. The molecule has 0 radical (unpaired) electrons. The molecule has 43 atom stereocenters. The minimum absolute atomic E-state index is 0.00189. The van der Waals surface area contributed by atoms with Gasteiger partial charge in [0, 0.05) is 25.2 Å². The van der Waals surface area contributed by atoms with Crippen LogP contribution in [0.4, 0.5) is 5.69 Å². The Morgan fingerprint density at radius 1 is 0.349 bits per heavy atom. The van der Waals surface area contributed by atoms with E-state index in [9.17, 15) is 9.90 Å². The minimum atomic E-state index is -1.07. The Kier molecular flexibility index (Phi) is 84.5. The maximum absolute atomic E-state index is 11.3. The van der Waals surface area contributed by atoms with Gasteiger partial charge in [0.2, 0.25) is 0 Å². The fraction of sp³-hybridized carbons (Fsp3) is 0.0930. The Morgan fingerprint density at radius 3 is 0.868 bits per heavy atom. The highest BCUT2D eigenvalue weighted by Crippen LogP contribution is 3.44. The molecule has 0 aliphatic rings. The van der Waals surface area contributed by atoms with Crippen molar-refractivity contribution in [1.29, 1.82) is 0 Å². The van der Waals surface area contributed by atoms with Crippen LogP contribution in [0.1, 0.15) is 10.5 Å². The predicted molar refractivity (Wildman–Crippen MR) is 839 cm³/mol. The average Bonchev–Trinajstić information content (AvgIpc) is 1.58. The molecule has 3 aromatic heterocycles. The number of hydrogen-bond acceptors (Lipinski definition) is 6. The summed E-state index contributed by atoms with van der Waals surface area (Å²) in [6.45, 7) is 4.85. The Hall–Kier alpha value is 24.8. The van der Waals surface area contributed by atoms with Crippen LogP contribution in [0.2, 0.25) is 0 Å². The van der Waals surface area contributed by atoms with Gasteiger partial charge in [-0.1, -0.05) is 123 Å². The molecule has 2 N–H and O–H groups in total. The van der Waals surface area contributed by atoms with Crippen LogP contribution in [0.25, 0.3) is 72.2 Å². The molecular formula is C43H114N7O4P75. The van der Waals surface area contributed by atoms with E-state index in [1.165, 1.54) is 17.4 Å². The second-order valence-electron chi connectivity index (χ2n) is 24.0. The van der Waals surface area contributed by atoms with E-state index in [1.807, 2.05) is 85.9 Å². The number of fused-ring (bicyclic) bond motifs is 1. The lowest BCUT2D eigenvalue weighted by Crippen LogP contribution is -2.06. The summed E-state index contributed by atoms with van der Waals surface area (Å²) in [7, 11) is 139. The SMILES string of the molecule is COc1c(-c2ccc(-c3ccccc3)cc2)nn(C)c1C(=O)O.PP(P)P(P(P)P)P(P(P(P)P)P(P)P)P(P(P(P)P)P(P)P)P(P(P(P)P)P(P)P)P(P(P)P)P(P)P.PPP(P(P)P)P(P(P(P)P)P(P)P)P(P(P(P)P)P(P)P)P(P(P(P)P)P(P)P)P(P(P)P)P(P)P.[C-]#[N+]c1ccc2nc(-c3c(OC)c(-c4ccc(-c5ccccc5)cc4)nn3C)[nH]c2c1. The number of benzene rings is 5. The van der Waals surface area contributed by atoms with Gasteiger partial charge in [0.25, 0.3) is 0 Å². The number of aromatic amines is 1. The summed E-state index contributed by atoms with van der Waals surface area (Å²) in [5, 5.41) is 18.3. The van der Waals surface area contributed by atoms with Crippen LogP contribution in [0.15, 0.2) is 127 Å². The number of carboxylic acid groups (broad SMARTS) is 1. The van der Waals surface area contributed by atoms with Gasteiger partial charge in [0.05, 0.1) is 31.8 Å². The molecule has 5 aromatic carbocycles. The topological polar surface area (TPSA) is 124 Å². The number of ether oxygens (including phenoxy) is 2. The predicted octanol–water partition coefficient (Wildman–Crippen LogP) is 52.8. The molecule has 0 saturated heterocycles. The molecule has 720 valence electrons. The van der Waals surface area contributed by atoms with Crippen LogP contribution in [-0.4, -0.2) is 54.8 Å². The highest BCUT2D eigenvalue weighted by molar-refractivity contribution is 9.50. The van der Waals surface area contributed by atoms with E-state index in [2.05, 4.69) is 405 Å². The largest absolute Gasteiger partial charge is 0.492 e. The molecule has 43 unspecified atom stereocenters. The fourth-order valence-electron chi connectivity index (χ4n) is 10.6. The number of aryl methyl sites for hydroxylation is 2. The number of carboxylic acids is 1. The van der Waals surface area contributed by atoms with Crippen molar-refractivity contribution < 1.29 is 19.4 Å². The first-order chi connectivity index (χ1) is 60.3. The van der Waals surface area contributed by atoms with E-state index in [4.69, 9.17) is 21.1 Å². The van der Waals surface area contributed by atoms with Crippen LogP contribution in [0.5, 0.6) is 11.5 Å². The Bertz CT molecular complexity index is 4510. The molecular weight excluding hydrogens is 3000 g/mol. The van der Waals surface area contributed by atoms with Gasteiger partial charge in [-0.3, -0.25) is 9.36 Å². The van der Waals surface area contributed by atoms with Crippen LogP contribution in [0, 0.1) is 6.57 Å².